The molecule has 0 saturated carbocycles. The van der Waals surface area contributed by atoms with Gasteiger partial charge in [-0.25, -0.2) is 4.39 Å². The molecule has 1 nitrogen and oxygen atoms in total. The van der Waals surface area contributed by atoms with Crippen LogP contribution in [0.1, 0.15) is 73.6 Å². The maximum atomic E-state index is 14.1. The molecule has 2 heteroatoms. The van der Waals surface area contributed by atoms with Crippen molar-refractivity contribution in [2.75, 3.05) is 0 Å². The molecule has 0 spiro atoms. The first-order chi connectivity index (χ1) is 15.2. The zero-order valence-corrected chi connectivity index (χ0v) is 18.5. The summed E-state index contributed by atoms with van der Waals surface area (Å²) in [6.45, 7) is 2.25. The van der Waals surface area contributed by atoms with E-state index < -0.39 is 0 Å². The molecule has 0 aliphatic heterocycles. The zero-order chi connectivity index (χ0) is 21.5. The lowest BCUT2D eigenvalue weighted by Gasteiger charge is -2.14. The maximum Gasteiger partial charge on any atom is 0.123 e. The van der Waals surface area contributed by atoms with Crippen LogP contribution in [0.15, 0.2) is 78.6 Å². The van der Waals surface area contributed by atoms with Gasteiger partial charge >= 0.3 is 0 Å². The standard InChI is InChI=1S/C29H32FN/c1-22-26(13-9-4-2-3-6-10-23-11-7-5-8-12-23)29-21-25(30)14-15-27(29)28(22)20-24-16-18-31-19-17-24/h5,7-8,11-12,14-19,21,28H,2-4,6,9-10,13,20H2,1H3. The molecular formula is C29H32FN. The summed E-state index contributed by atoms with van der Waals surface area (Å²) in [5, 5.41) is 0. The van der Waals surface area contributed by atoms with E-state index >= 15 is 0 Å². The van der Waals surface area contributed by atoms with Crippen molar-refractivity contribution in [1.82, 2.24) is 4.98 Å². The molecule has 160 valence electrons. The van der Waals surface area contributed by atoms with Crippen LogP contribution in [-0.2, 0) is 12.8 Å². The minimum atomic E-state index is -0.130. The Kier molecular flexibility index (Phi) is 7.30. The summed E-state index contributed by atoms with van der Waals surface area (Å²) in [5.41, 5.74) is 7.94. The smallest absolute Gasteiger partial charge is 0.123 e. The van der Waals surface area contributed by atoms with Crippen LogP contribution in [0.5, 0.6) is 0 Å². The highest BCUT2D eigenvalue weighted by molar-refractivity contribution is 5.78. The van der Waals surface area contributed by atoms with Crippen LogP contribution >= 0.6 is 0 Å². The van der Waals surface area contributed by atoms with Crippen molar-refractivity contribution in [2.45, 2.75) is 64.2 Å². The second-order valence-corrected chi connectivity index (χ2v) is 8.76. The summed E-state index contributed by atoms with van der Waals surface area (Å²) in [6.07, 6.45) is 13.1. The second-order valence-electron chi connectivity index (χ2n) is 8.76. The van der Waals surface area contributed by atoms with Crippen LogP contribution in [-0.4, -0.2) is 4.98 Å². The number of rotatable bonds is 10. The van der Waals surface area contributed by atoms with E-state index in [1.807, 2.05) is 18.5 Å². The quantitative estimate of drug-likeness (QED) is 0.308. The molecular weight excluding hydrogens is 381 g/mol. The number of fused-ring (bicyclic) bond motifs is 1. The number of benzene rings is 2. The van der Waals surface area contributed by atoms with Crippen LogP contribution in [0.25, 0.3) is 5.57 Å². The molecule has 0 amide bonds. The number of halogens is 1. The number of hydrogen-bond donors (Lipinski definition) is 0. The predicted molar refractivity (Wildman–Crippen MR) is 128 cm³/mol. The van der Waals surface area contributed by atoms with E-state index in [0.29, 0.717) is 5.92 Å². The van der Waals surface area contributed by atoms with Crippen LogP contribution < -0.4 is 0 Å². The van der Waals surface area contributed by atoms with Gasteiger partial charge in [-0.05, 0) is 91.1 Å². The Labute approximate surface area is 186 Å². The molecule has 0 N–H and O–H groups in total. The Balaban J connectivity index is 1.32. The monoisotopic (exact) mass is 413 g/mol. The fourth-order valence-corrected chi connectivity index (χ4v) is 4.91. The number of aryl methyl sites for hydroxylation is 1. The molecule has 2 aromatic carbocycles. The maximum absolute atomic E-state index is 14.1. The Bertz CT molecular complexity index is 1010. The predicted octanol–water partition coefficient (Wildman–Crippen LogP) is 7.92. The van der Waals surface area contributed by atoms with E-state index in [-0.39, 0.29) is 5.82 Å². The van der Waals surface area contributed by atoms with Crippen molar-refractivity contribution >= 4 is 5.57 Å². The van der Waals surface area contributed by atoms with Gasteiger partial charge in [0.1, 0.15) is 5.82 Å². The second kappa shape index (κ2) is 10.5. The van der Waals surface area contributed by atoms with E-state index in [2.05, 4.69) is 54.4 Å². The molecule has 31 heavy (non-hydrogen) atoms. The Morgan fingerprint density at radius 1 is 0.774 bits per heavy atom. The van der Waals surface area contributed by atoms with Gasteiger partial charge in [-0.3, -0.25) is 4.98 Å². The Morgan fingerprint density at radius 3 is 2.26 bits per heavy atom. The molecule has 3 aromatic rings. The first kappa shape index (κ1) is 21.5. The number of unbranched alkanes of at least 4 members (excludes halogenated alkanes) is 4. The summed E-state index contributed by atoms with van der Waals surface area (Å²) in [4.78, 5) is 4.14. The average molecular weight is 414 g/mol. The van der Waals surface area contributed by atoms with Gasteiger partial charge in [0.2, 0.25) is 0 Å². The van der Waals surface area contributed by atoms with Crippen molar-refractivity contribution in [3.8, 4) is 0 Å². The topological polar surface area (TPSA) is 12.9 Å². The lowest BCUT2D eigenvalue weighted by molar-refractivity contribution is 0.618. The minimum Gasteiger partial charge on any atom is -0.265 e. The van der Waals surface area contributed by atoms with Gasteiger partial charge in [-0.15, -0.1) is 0 Å². The zero-order valence-electron chi connectivity index (χ0n) is 18.5. The molecule has 1 heterocycles. The Hall–Kier alpha value is -2.74. The SMILES string of the molecule is CC1=C(CCCCCCCc2ccccc2)c2cc(F)ccc2C1Cc1ccncc1. The highest BCUT2D eigenvalue weighted by atomic mass is 19.1. The summed E-state index contributed by atoms with van der Waals surface area (Å²) in [6, 6.07) is 20.3. The van der Waals surface area contributed by atoms with E-state index in [9.17, 15) is 4.39 Å². The molecule has 0 radical (unpaired) electrons. The van der Waals surface area contributed by atoms with Gasteiger partial charge in [-0.1, -0.05) is 61.2 Å². The van der Waals surface area contributed by atoms with Gasteiger partial charge in [-0.2, -0.15) is 0 Å². The number of aromatic nitrogens is 1. The van der Waals surface area contributed by atoms with Crippen molar-refractivity contribution < 1.29 is 4.39 Å². The third-order valence-corrected chi connectivity index (χ3v) is 6.64. The molecule has 1 aliphatic rings. The normalized spacial score (nSPS) is 15.4. The molecule has 0 bridgehead atoms. The molecule has 1 atom stereocenters. The summed E-state index contributed by atoms with van der Waals surface area (Å²) < 4.78 is 14.1. The van der Waals surface area contributed by atoms with E-state index in [4.69, 9.17) is 0 Å². The minimum absolute atomic E-state index is 0.130. The van der Waals surface area contributed by atoms with E-state index in [0.717, 1.165) is 18.4 Å². The summed E-state index contributed by atoms with van der Waals surface area (Å²) in [5.74, 6) is 0.216. The third kappa shape index (κ3) is 5.50. The molecule has 1 aliphatic carbocycles. The van der Waals surface area contributed by atoms with Crippen LogP contribution in [0.4, 0.5) is 4.39 Å². The number of nitrogens with zero attached hydrogens (tertiary/aromatic N) is 1. The Morgan fingerprint density at radius 2 is 1.48 bits per heavy atom. The first-order valence-electron chi connectivity index (χ1n) is 11.6. The van der Waals surface area contributed by atoms with Crippen LogP contribution in [0.3, 0.4) is 0 Å². The fraction of sp³-hybridized carbons (Fsp3) is 0.345. The summed E-state index contributed by atoms with van der Waals surface area (Å²) >= 11 is 0. The highest BCUT2D eigenvalue weighted by Crippen LogP contribution is 2.45. The van der Waals surface area contributed by atoms with Gasteiger partial charge in [0.25, 0.3) is 0 Å². The molecule has 1 aromatic heterocycles. The molecule has 1 unspecified atom stereocenters. The van der Waals surface area contributed by atoms with Gasteiger partial charge in [0.15, 0.2) is 0 Å². The van der Waals surface area contributed by atoms with Crippen molar-refractivity contribution in [3.63, 3.8) is 0 Å². The van der Waals surface area contributed by atoms with Crippen LogP contribution in [0.2, 0.25) is 0 Å². The van der Waals surface area contributed by atoms with Crippen LogP contribution in [0, 0.1) is 5.82 Å². The lowest BCUT2D eigenvalue weighted by atomic mass is 9.90. The van der Waals surface area contributed by atoms with Gasteiger partial charge in [0, 0.05) is 18.3 Å². The lowest BCUT2D eigenvalue weighted by Crippen LogP contribution is -2.02. The van der Waals surface area contributed by atoms with Gasteiger partial charge in [0.05, 0.1) is 0 Å². The average Bonchev–Trinajstić information content (AvgIpc) is 3.05. The van der Waals surface area contributed by atoms with E-state index in [1.54, 1.807) is 12.1 Å². The first-order valence-corrected chi connectivity index (χ1v) is 11.6. The number of pyridine rings is 1. The third-order valence-electron chi connectivity index (χ3n) is 6.64. The van der Waals surface area contributed by atoms with E-state index in [1.165, 1.54) is 66.4 Å². The molecule has 0 fully saturated rings. The van der Waals surface area contributed by atoms with Gasteiger partial charge < -0.3 is 0 Å². The number of hydrogen-bond acceptors (Lipinski definition) is 1. The number of allylic oxidation sites excluding steroid dienone is 2. The van der Waals surface area contributed by atoms with Crippen molar-refractivity contribution in [1.29, 1.82) is 0 Å². The molecule has 0 saturated heterocycles. The fourth-order valence-electron chi connectivity index (χ4n) is 4.91. The molecule has 4 rings (SSSR count). The largest absolute Gasteiger partial charge is 0.265 e. The van der Waals surface area contributed by atoms with Crippen molar-refractivity contribution in [3.05, 3.63) is 107 Å². The summed E-state index contributed by atoms with van der Waals surface area (Å²) in [7, 11) is 0. The highest BCUT2D eigenvalue weighted by Gasteiger charge is 2.28. The van der Waals surface area contributed by atoms with Crippen molar-refractivity contribution in [2.24, 2.45) is 0 Å².